The number of rotatable bonds is 4. The molecule has 1 rings (SSSR count). The molecule has 1 amide bonds. The maximum Gasteiger partial charge on any atom is 0.315 e. The highest BCUT2D eigenvalue weighted by Crippen LogP contribution is 2.08. The summed E-state index contributed by atoms with van der Waals surface area (Å²) in [6.07, 6.45) is 0.660. The van der Waals surface area contributed by atoms with Crippen LogP contribution in [-0.2, 0) is 4.79 Å². The lowest BCUT2D eigenvalue weighted by molar-refractivity contribution is -0.132. The fourth-order valence-corrected chi connectivity index (χ4v) is 1.88. The summed E-state index contributed by atoms with van der Waals surface area (Å²) < 4.78 is 23.9. The Morgan fingerprint density at radius 3 is 2.47 bits per heavy atom. The highest BCUT2D eigenvalue weighted by atomic mass is 19.3. The van der Waals surface area contributed by atoms with Gasteiger partial charge in [0.05, 0.1) is 0 Å². The summed E-state index contributed by atoms with van der Waals surface area (Å²) in [7, 11) is 0. The molecule has 0 radical (unpaired) electrons. The normalized spacial score (nSPS) is 20.3. The van der Waals surface area contributed by atoms with E-state index in [0.717, 1.165) is 25.9 Å². The van der Waals surface area contributed by atoms with E-state index in [4.69, 9.17) is 0 Å². The lowest BCUT2D eigenvalue weighted by atomic mass is 10.1. The molecule has 1 saturated heterocycles. The van der Waals surface area contributed by atoms with E-state index in [1.54, 1.807) is 6.92 Å². The molecule has 1 aliphatic heterocycles. The number of halogens is 2. The Morgan fingerprint density at radius 1 is 1.33 bits per heavy atom. The van der Waals surface area contributed by atoms with Gasteiger partial charge in [-0.3, -0.25) is 4.79 Å². The van der Waals surface area contributed by atoms with Crippen molar-refractivity contribution in [2.75, 3.05) is 19.6 Å². The first-order chi connectivity index (χ1) is 7.09. The monoisotopic (exact) mass is 220 g/mol. The minimum Gasteiger partial charge on any atom is -0.347 e. The Kier molecular flexibility index (Phi) is 4.94. The van der Waals surface area contributed by atoms with Crippen LogP contribution in [0, 0.1) is 0 Å². The topological polar surface area (TPSA) is 32.3 Å². The van der Waals surface area contributed by atoms with E-state index in [1.165, 1.54) is 6.42 Å². The molecule has 1 N–H and O–H groups in total. The van der Waals surface area contributed by atoms with Crippen LogP contribution in [0.25, 0.3) is 0 Å². The Balaban J connectivity index is 2.22. The molecule has 0 spiro atoms. The highest BCUT2D eigenvalue weighted by molar-refractivity contribution is 5.79. The van der Waals surface area contributed by atoms with Gasteiger partial charge in [-0.25, -0.2) is 0 Å². The fraction of sp³-hybridized carbons (Fsp3) is 0.900. The molecule has 0 saturated carbocycles. The van der Waals surface area contributed by atoms with Crippen LogP contribution in [-0.4, -0.2) is 42.9 Å². The third kappa shape index (κ3) is 4.55. The number of carbonyl (C=O) groups is 1. The number of alkyl halides is 2. The van der Waals surface area contributed by atoms with E-state index in [2.05, 4.69) is 10.2 Å². The lowest BCUT2D eigenvalue weighted by Gasteiger charge is -2.29. The molecule has 5 heteroatoms. The number of likely N-dealkylation sites (tertiary alicyclic amines) is 1. The molecule has 1 aliphatic rings. The average Bonchev–Trinajstić information content (AvgIpc) is 2.18. The van der Waals surface area contributed by atoms with Crippen molar-refractivity contribution in [1.82, 2.24) is 10.2 Å². The number of hydrogen-bond acceptors (Lipinski definition) is 2. The SMILES string of the molecule is CC(CN1CCCCC1)NC(=O)C(F)F. The highest BCUT2D eigenvalue weighted by Gasteiger charge is 2.19. The van der Waals surface area contributed by atoms with Gasteiger partial charge < -0.3 is 10.2 Å². The van der Waals surface area contributed by atoms with Crippen molar-refractivity contribution in [2.45, 2.75) is 38.7 Å². The van der Waals surface area contributed by atoms with Gasteiger partial charge in [-0.2, -0.15) is 8.78 Å². The van der Waals surface area contributed by atoms with Crippen molar-refractivity contribution in [1.29, 1.82) is 0 Å². The molecule has 1 atom stereocenters. The summed E-state index contributed by atoms with van der Waals surface area (Å²) in [5.41, 5.74) is 0. The van der Waals surface area contributed by atoms with Crippen LogP contribution in [0.15, 0.2) is 0 Å². The van der Waals surface area contributed by atoms with Crippen LogP contribution >= 0.6 is 0 Å². The van der Waals surface area contributed by atoms with Crippen LogP contribution in [0.1, 0.15) is 26.2 Å². The van der Waals surface area contributed by atoms with Gasteiger partial charge in [-0.05, 0) is 32.9 Å². The number of piperidine rings is 1. The number of amides is 1. The third-order valence-corrected chi connectivity index (χ3v) is 2.57. The van der Waals surface area contributed by atoms with E-state index in [0.29, 0.717) is 6.54 Å². The van der Waals surface area contributed by atoms with Gasteiger partial charge >= 0.3 is 6.43 Å². The van der Waals surface area contributed by atoms with Crippen LogP contribution in [0.2, 0.25) is 0 Å². The van der Waals surface area contributed by atoms with Crippen molar-refractivity contribution in [3.8, 4) is 0 Å². The summed E-state index contributed by atoms with van der Waals surface area (Å²) in [5.74, 6) is -1.17. The molecule has 0 aromatic heterocycles. The van der Waals surface area contributed by atoms with E-state index in [1.807, 2.05) is 0 Å². The van der Waals surface area contributed by atoms with Gasteiger partial charge in [0, 0.05) is 12.6 Å². The molecule has 0 bridgehead atoms. The van der Waals surface area contributed by atoms with E-state index >= 15 is 0 Å². The van der Waals surface area contributed by atoms with Gasteiger partial charge in [-0.15, -0.1) is 0 Å². The van der Waals surface area contributed by atoms with Gasteiger partial charge in [0.1, 0.15) is 0 Å². The zero-order valence-corrected chi connectivity index (χ0v) is 9.01. The van der Waals surface area contributed by atoms with Gasteiger partial charge in [0.2, 0.25) is 0 Å². The maximum atomic E-state index is 11.9. The van der Waals surface area contributed by atoms with Crippen molar-refractivity contribution < 1.29 is 13.6 Å². The number of hydrogen-bond donors (Lipinski definition) is 1. The van der Waals surface area contributed by atoms with Gasteiger partial charge in [0.15, 0.2) is 0 Å². The first-order valence-corrected chi connectivity index (χ1v) is 5.40. The molecule has 0 aromatic carbocycles. The standard InChI is InChI=1S/C10H18F2N2O/c1-8(13-10(15)9(11)12)7-14-5-3-2-4-6-14/h8-9H,2-7H2,1H3,(H,13,15). The minimum atomic E-state index is -2.91. The molecule has 88 valence electrons. The third-order valence-electron chi connectivity index (χ3n) is 2.57. The average molecular weight is 220 g/mol. The molecule has 3 nitrogen and oxygen atoms in total. The zero-order chi connectivity index (χ0) is 11.3. The van der Waals surface area contributed by atoms with Crippen LogP contribution in [0.4, 0.5) is 8.78 Å². The smallest absolute Gasteiger partial charge is 0.315 e. The van der Waals surface area contributed by atoms with Crippen molar-refractivity contribution in [3.05, 3.63) is 0 Å². The largest absolute Gasteiger partial charge is 0.347 e. The Hall–Kier alpha value is -0.710. The Morgan fingerprint density at radius 2 is 1.93 bits per heavy atom. The first-order valence-electron chi connectivity index (χ1n) is 5.40. The quantitative estimate of drug-likeness (QED) is 0.773. The van der Waals surface area contributed by atoms with E-state index < -0.39 is 12.3 Å². The van der Waals surface area contributed by atoms with Crippen molar-refractivity contribution >= 4 is 5.91 Å². The van der Waals surface area contributed by atoms with Crippen LogP contribution in [0.3, 0.4) is 0 Å². The first kappa shape index (κ1) is 12.4. The summed E-state index contributed by atoms with van der Waals surface area (Å²) in [6.45, 7) is 4.44. The second-order valence-corrected chi connectivity index (χ2v) is 4.07. The van der Waals surface area contributed by atoms with Gasteiger partial charge in [0.25, 0.3) is 5.91 Å². The van der Waals surface area contributed by atoms with Crippen molar-refractivity contribution in [2.24, 2.45) is 0 Å². The molecule has 1 fully saturated rings. The predicted molar refractivity (Wildman–Crippen MR) is 53.9 cm³/mol. The molecule has 1 unspecified atom stereocenters. The second-order valence-electron chi connectivity index (χ2n) is 4.07. The second kappa shape index (κ2) is 6.00. The molecular formula is C10H18F2N2O. The fourth-order valence-electron chi connectivity index (χ4n) is 1.88. The predicted octanol–water partition coefficient (Wildman–Crippen LogP) is 1.24. The van der Waals surface area contributed by atoms with E-state index in [-0.39, 0.29) is 6.04 Å². The number of carbonyl (C=O) groups excluding carboxylic acids is 1. The Labute approximate surface area is 88.8 Å². The summed E-state index contributed by atoms with van der Waals surface area (Å²) in [4.78, 5) is 12.9. The molecule has 0 aromatic rings. The zero-order valence-electron chi connectivity index (χ0n) is 9.01. The number of nitrogens with one attached hydrogen (secondary N) is 1. The molecular weight excluding hydrogens is 202 g/mol. The molecule has 1 heterocycles. The summed E-state index contributed by atoms with van der Waals surface area (Å²) in [5, 5.41) is 2.30. The maximum absolute atomic E-state index is 11.9. The van der Waals surface area contributed by atoms with E-state index in [9.17, 15) is 13.6 Å². The van der Waals surface area contributed by atoms with Crippen LogP contribution in [0.5, 0.6) is 0 Å². The minimum absolute atomic E-state index is 0.204. The van der Waals surface area contributed by atoms with Gasteiger partial charge in [-0.1, -0.05) is 6.42 Å². The number of nitrogens with zero attached hydrogens (tertiary/aromatic N) is 1. The summed E-state index contributed by atoms with van der Waals surface area (Å²) >= 11 is 0. The van der Waals surface area contributed by atoms with Crippen molar-refractivity contribution in [3.63, 3.8) is 0 Å². The van der Waals surface area contributed by atoms with Crippen LogP contribution < -0.4 is 5.32 Å². The molecule has 0 aliphatic carbocycles. The molecule has 15 heavy (non-hydrogen) atoms. The lowest BCUT2D eigenvalue weighted by Crippen LogP contribution is -2.45. The Bertz CT molecular complexity index is 206. The summed E-state index contributed by atoms with van der Waals surface area (Å²) in [6, 6.07) is -0.204.